The number of rotatable bonds is 11. The first-order valence-corrected chi connectivity index (χ1v) is 9.62. The summed E-state index contributed by atoms with van der Waals surface area (Å²) in [7, 11) is 0. The SMILES string of the molecule is CC(=CC(C)C)NOCCCOc1c(Cl)cc(OCC=C(Cl)Cl)cc1Cl. The molecule has 0 saturated heterocycles. The van der Waals surface area contributed by atoms with Crippen molar-refractivity contribution < 1.29 is 14.3 Å². The van der Waals surface area contributed by atoms with Gasteiger partial charge in [0.2, 0.25) is 0 Å². The molecule has 0 aliphatic rings. The molecule has 26 heavy (non-hydrogen) atoms. The zero-order chi connectivity index (χ0) is 19.5. The van der Waals surface area contributed by atoms with Gasteiger partial charge in [-0.15, -0.1) is 0 Å². The topological polar surface area (TPSA) is 39.7 Å². The Labute approximate surface area is 174 Å². The minimum absolute atomic E-state index is 0.133. The van der Waals surface area contributed by atoms with Crippen molar-refractivity contribution in [1.82, 2.24) is 5.48 Å². The van der Waals surface area contributed by atoms with Crippen LogP contribution in [0.4, 0.5) is 0 Å². The molecule has 146 valence electrons. The lowest BCUT2D eigenvalue weighted by atomic mass is 10.2. The van der Waals surface area contributed by atoms with Crippen molar-refractivity contribution in [1.29, 1.82) is 0 Å². The molecule has 0 spiro atoms. The lowest BCUT2D eigenvalue weighted by Gasteiger charge is -2.13. The maximum atomic E-state index is 6.20. The second-order valence-electron chi connectivity index (χ2n) is 5.77. The predicted octanol–water partition coefficient (Wildman–Crippen LogP) is 6.54. The number of halogens is 4. The summed E-state index contributed by atoms with van der Waals surface area (Å²) in [5, 5.41) is 0.728. The van der Waals surface area contributed by atoms with Gasteiger partial charge in [0.05, 0.1) is 23.3 Å². The second-order valence-corrected chi connectivity index (χ2v) is 7.59. The van der Waals surface area contributed by atoms with Crippen molar-refractivity contribution in [2.75, 3.05) is 19.8 Å². The third-order valence-electron chi connectivity index (χ3n) is 2.91. The molecule has 0 aliphatic heterocycles. The molecule has 0 unspecified atom stereocenters. The molecule has 0 aromatic heterocycles. The molecule has 4 nitrogen and oxygen atoms in total. The van der Waals surface area contributed by atoms with Crippen LogP contribution >= 0.6 is 46.4 Å². The normalized spacial score (nSPS) is 11.5. The fourth-order valence-electron chi connectivity index (χ4n) is 1.96. The Balaban J connectivity index is 2.40. The van der Waals surface area contributed by atoms with E-state index in [0.717, 1.165) is 5.70 Å². The summed E-state index contributed by atoms with van der Waals surface area (Å²) in [6.45, 7) is 7.28. The predicted molar refractivity (Wildman–Crippen MR) is 110 cm³/mol. The van der Waals surface area contributed by atoms with Gasteiger partial charge in [0.1, 0.15) is 16.8 Å². The summed E-state index contributed by atoms with van der Waals surface area (Å²) in [5.74, 6) is 1.38. The third-order valence-corrected chi connectivity index (χ3v) is 3.78. The first-order chi connectivity index (χ1) is 12.3. The average molecular weight is 443 g/mol. The smallest absolute Gasteiger partial charge is 0.156 e. The third kappa shape index (κ3) is 9.79. The summed E-state index contributed by atoms with van der Waals surface area (Å²) in [5.41, 5.74) is 3.86. The molecule has 0 fully saturated rings. The molecular formula is C18H23Cl4NO3. The molecule has 0 aliphatic carbocycles. The van der Waals surface area contributed by atoms with Crippen LogP contribution in [0.5, 0.6) is 11.5 Å². The molecule has 0 atom stereocenters. The molecule has 1 rings (SSSR count). The van der Waals surface area contributed by atoms with E-state index in [0.29, 0.717) is 47.1 Å². The summed E-state index contributed by atoms with van der Waals surface area (Å²) in [6, 6.07) is 3.24. The lowest BCUT2D eigenvalue weighted by molar-refractivity contribution is 0.0538. The van der Waals surface area contributed by atoms with E-state index in [4.69, 9.17) is 60.7 Å². The summed E-state index contributed by atoms with van der Waals surface area (Å²) >= 11 is 23.4. The molecule has 0 amide bonds. The van der Waals surface area contributed by atoms with Crippen LogP contribution in [0.2, 0.25) is 10.0 Å². The van der Waals surface area contributed by atoms with Crippen molar-refractivity contribution in [3.05, 3.63) is 44.5 Å². The Morgan fingerprint density at radius 3 is 2.35 bits per heavy atom. The number of hydroxylamine groups is 1. The van der Waals surface area contributed by atoms with E-state index < -0.39 is 0 Å². The molecule has 8 heteroatoms. The van der Waals surface area contributed by atoms with Crippen LogP contribution in [0.1, 0.15) is 27.2 Å². The highest BCUT2D eigenvalue weighted by molar-refractivity contribution is 6.55. The Kier molecular flexibility index (Phi) is 11.3. The van der Waals surface area contributed by atoms with E-state index in [1.54, 1.807) is 12.1 Å². The van der Waals surface area contributed by atoms with Crippen LogP contribution in [0, 0.1) is 5.92 Å². The highest BCUT2D eigenvalue weighted by Gasteiger charge is 2.10. The number of hydrogen-bond donors (Lipinski definition) is 1. The van der Waals surface area contributed by atoms with Gasteiger partial charge in [-0.1, -0.05) is 66.3 Å². The first-order valence-electron chi connectivity index (χ1n) is 8.11. The Morgan fingerprint density at radius 2 is 1.77 bits per heavy atom. The first kappa shape index (κ1) is 23.3. The average Bonchev–Trinajstić information content (AvgIpc) is 2.51. The zero-order valence-electron chi connectivity index (χ0n) is 15.0. The molecule has 0 saturated carbocycles. The van der Waals surface area contributed by atoms with Crippen molar-refractivity contribution in [2.24, 2.45) is 5.92 Å². The van der Waals surface area contributed by atoms with Crippen LogP contribution < -0.4 is 15.0 Å². The standard InChI is InChI=1S/C18H23Cl4NO3/c1-12(2)9-13(3)23-26-7-4-6-25-18-15(19)10-14(11-16(18)20)24-8-5-17(21)22/h5,9-12,23H,4,6-8H2,1-3H3. The highest BCUT2D eigenvalue weighted by atomic mass is 35.5. The molecule has 0 radical (unpaired) electrons. The van der Waals surface area contributed by atoms with Gasteiger partial charge in [-0.25, -0.2) is 0 Å². The van der Waals surface area contributed by atoms with Crippen molar-refractivity contribution in [3.63, 3.8) is 0 Å². The van der Waals surface area contributed by atoms with Gasteiger partial charge in [-0.3, -0.25) is 10.3 Å². The monoisotopic (exact) mass is 441 g/mol. The minimum atomic E-state index is 0.133. The molecule has 1 aromatic rings. The van der Waals surface area contributed by atoms with E-state index in [2.05, 4.69) is 25.4 Å². The van der Waals surface area contributed by atoms with Crippen LogP contribution in [0.25, 0.3) is 0 Å². The Hall–Kier alpha value is -0.780. The molecule has 0 bridgehead atoms. The van der Waals surface area contributed by atoms with Gasteiger partial charge < -0.3 is 9.47 Å². The largest absolute Gasteiger partial charge is 0.490 e. The summed E-state index contributed by atoms with van der Waals surface area (Å²) in [6.07, 6.45) is 4.27. The number of allylic oxidation sites excluding steroid dienone is 2. The Bertz CT molecular complexity index is 606. The van der Waals surface area contributed by atoms with Crippen molar-refractivity contribution in [3.8, 4) is 11.5 Å². The zero-order valence-corrected chi connectivity index (χ0v) is 18.0. The van der Waals surface area contributed by atoms with Gasteiger partial charge in [0.25, 0.3) is 0 Å². The van der Waals surface area contributed by atoms with Crippen LogP contribution in [-0.4, -0.2) is 19.8 Å². The Morgan fingerprint density at radius 1 is 1.12 bits per heavy atom. The fraction of sp³-hybridized carbons (Fsp3) is 0.444. The van der Waals surface area contributed by atoms with Gasteiger partial charge in [-0.05, 0) is 18.9 Å². The van der Waals surface area contributed by atoms with Crippen LogP contribution in [0.15, 0.2) is 34.5 Å². The quantitative estimate of drug-likeness (QED) is 0.312. The van der Waals surface area contributed by atoms with Gasteiger partial charge in [-0.2, -0.15) is 0 Å². The molecule has 0 heterocycles. The van der Waals surface area contributed by atoms with Gasteiger partial charge in [0, 0.05) is 24.3 Å². The number of ether oxygens (including phenoxy) is 2. The van der Waals surface area contributed by atoms with Crippen LogP contribution in [0.3, 0.4) is 0 Å². The highest BCUT2D eigenvalue weighted by Crippen LogP contribution is 2.37. The van der Waals surface area contributed by atoms with E-state index in [1.165, 1.54) is 6.08 Å². The van der Waals surface area contributed by atoms with Gasteiger partial charge >= 0.3 is 0 Å². The maximum absolute atomic E-state index is 6.20. The van der Waals surface area contributed by atoms with E-state index >= 15 is 0 Å². The number of nitrogens with one attached hydrogen (secondary N) is 1. The van der Waals surface area contributed by atoms with E-state index in [1.807, 2.05) is 6.92 Å². The minimum Gasteiger partial charge on any atom is -0.490 e. The number of hydrogen-bond acceptors (Lipinski definition) is 4. The fourth-order valence-corrected chi connectivity index (χ4v) is 2.67. The summed E-state index contributed by atoms with van der Waals surface area (Å²) in [4.78, 5) is 5.37. The molecule has 1 N–H and O–H groups in total. The van der Waals surface area contributed by atoms with Crippen molar-refractivity contribution >= 4 is 46.4 Å². The summed E-state index contributed by atoms with van der Waals surface area (Å²) < 4.78 is 11.2. The number of benzene rings is 1. The van der Waals surface area contributed by atoms with E-state index in [9.17, 15) is 0 Å². The van der Waals surface area contributed by atoms with Gasteiger partial charge in [0.15, 0.2) is 5.75 Å². The van der Waals surface area contributed by atoms with Crippen molar-refractivity contribution in [2.45, 2.75) is 27.2 Å². The van der Waals surface area contributed by atoms with E-state index in [-0.39, 0.29) is 11.1 Å². The maximum Gasteiger partial charge on any atom is 0.156 e. The lowest BCUT2D eigenvalue weighted by Crippen LogP contribution is -2.15. The second kappa shape index (κ2) is 12.6. The molecular weight excluding hydrogens is 420 g/mol. The van der Waals surface area contributed by atoms with Crippen LogP contribution in [-0.2, 0) is 4.84 Å². The molecule has 1 aromatic carbocycles.